The minimum atomic E-state index is -3.06. The molecule has 0 rings (SSSR count). The Kier molecular flexibility index (Phi) is 5.88. The van der Waals surface area contributed by atoms with Gasteiger partial charge in [-0.05, 0) is 19.8 Å². The predicted molar refractivity (Wildman–Crippen MR) is 52.0 cm³/mol. The number of hydrogen-bond donors (Lipinski definition) is 1. The molecule has 0 saturated carbocycles. The van der Waals surface area contributed by atoms with E-state index in [2.05, 4.69) is 4.72 Å². The molecule has 0 aromatic heterocycles. The molecule has 1 unspecified atom stereocenters. The van der Waals surface area contributed by atoms with Crippen LogP contribution in [0.3, 0.4) is 0 Å². The Morgan fingerprint density at radius 2 is 2.00 bits per heavy atom. The van der Waals surface area contributed by atoms with E-state index in [-0.39, 0.29) is 11.8 Å². The molecule has 3 nitrogen and oxygen atoms in total. The van der Waals surface area contributed by atoms with Crippen LogP contribution in [0.2, 0.25) is 0 Å². The fraction of sp³-hybridized carbons (Fsp3) is 1.00. The average Bonchev–Trinajstić information content (AvgIpc) is 2.03. The molecule has 0 spiro atoms. The first-order valence-corrected chi connectivity index (χ1v) is 6.30. The highest BCUT2D eigenvalue weighted by Crippen LogP contribution is 2.01. The summed E-state index contributed by atoms with van der Waals surface area (Å²) in [5, 5.41) is 0. The first-order valence-electron chi connectivity index (χ1n) is 4.11. The predicted octanol–water partition coefficient (Wildman–Crippen LogP) is 1.33. The molecule has 0 saturated heterocycles. The van der Waals surface area contributed by atoms with Gasteiger partial charge in [-0.3, -0.25) is 0 Å². The summed E-state index contributed by atoms with van der Waals surface area (Å²) in [6, 6.07) is -0.00699. The van der Waals surface area contributed by atoms with Crippen molar-refractivity contribution in [1.82, 2.24) is 4.72 Å². The van der Waals surface area contributed by atoms with Crippen molar-refractivity contribution in [2.24, 2.45) is 0 Å². The quantitative estimate of drug-likeness (QED) is 0.677. The van der Waals surface area contributed by atoms with Crippen LogP contribution in [0.1, 0.15) is 26.7 Å². The largest absolute Gasteiger partial charge is 0.212 e. The van der Waals surface area contributed by atoms with Crippen molar-refractivity contribution >= 4 is 21.6 Å². The first-order chi connectivity index (χ1) is 5.55. The van der Waals surface area contributed by atoms with Crippen molar-refractivity contribution in [2.45, 2.75) is 32.7 Å². The van der Waals surface area contributed by atoms with Crippen molar-refractivity contribution in [1.29, 1.82) is 0 Å². The van der Waals surface area contributed by atoms with Gasteiger partial charge in [0.1, 0.15) is 0 Å². The van der Waals surface area contributed by atoms with E-state index in [9.17, 15) is 8.42 Å². The molecule has 1 N–H and O–H groups in total. The molecular formula is C7H16ClNO2S. The van der Waals surface area contributed by atoms with Gasteiger partial charge in [0.05, 0.1) is 5.75 Å². The Hall–Kier alpha value is 0.200. The van der Waals surface area contributed by atoms with Crippen molar-refractivity contribution in [3.63, 3.8) is 0 Å². The van der Waals surface area contributed by atoms with Gasteiger partial charge in [-0.2, -0.15) is 0 Å². The summed E-state index contributed by atoms with van der Waals surface area (Å²) >= 11 is 5.51. The van der Waals surface area contributed by atoms with Gasteiger partial charge in [-0.25, -0.2) is 13.1 Å². The summed E-state index contributed by atoms with van der Waals surface area (Å²) in [7, 11) is -3.06. The van der Waals surface area contributed by atoms with Crippen molar-refractivity contribution in [2.75, 3.05) is 11.6 Å². The third-order valence-corrected chi connectivity index (χ3v) is 3.35. The molecule has 0 aliphatic heterocycles. The topological polar surface area (TPSA) is 46.2 Å². The monoisotopic (exact) mass is 213 g/mol. The second kappa shape index (κ2) is 5.78. The molecule has 0 heterocycles. The average molecular weight is 214 g/mol. The van der Waals surface area contributed by atoms with Gasteiger partial charge >= 0.3 is 0 Å². The maximum absolute atomic E-state index is 11.1. The summed E-state index contributed by atoms with van der Waals surface area (Å²) in [6.07, 6.45) is 1.48. The Balaban J connectivity index is 4.02. The highest BCUT2D eigenvalue weighted by atomic mass is 35.5. The summed E-state index contributed by atoms with van der Waals surface area (Å²) in [5.41, 5.74) is 0. The van der Waals surface area contributed by atoms with Gasteiger partial charge in [0.25, 0.3) is 0 Å². The molecule has 74 valence electrons. The molecule has 0 aliphatic rings. The molecule has 5 heteroatoms. The number of sulfonamides is 1. The molecule has 0 fully saturated rings. The van der Waals surface area contributed by atoms with Crippen LogP contribution in [0.4, 0.5) is 0 Å². The zero-order valence-corrected chi connectivity index (χ0v) is 9.08. The van der Waals surface area contributed by atoms with Crippen LogP contribution in [0.25, 0.3) is 0 Å². The van der Waals surface area contributed by atoms with Crippen LogP contribution < -0.4 is 4.72 Å². The molecule has 0 radical (unpaired) electrons. The highest BCUT2D eigenvalue weighted by molar-refractivity contribution is 7.89. The van der Waals surface area contributed by atoms with E-state index in [4.69, 9.17) is 11.6 Å². The maximum atomic E-state index is 11.1. The lowest BCUT2D eigenvalue weighted by Gasteiger charge is -2.14. The molecule has 0 amide bonds. The van der Waals surface area contributed by atoms with Crippen molar-refractivity contribution in [3.05, 3.63) is 0 Å². The lowest BCUT2D eigenvalue weighted by molar-refractivity contribution is 0.532. The van der Waals surface area contributed by atoms with Crippen molar-refractivity contribution < 1.29 is 8.42 Å². The molecule has 1 atom stereocenters. The third-order valence-electron chi connectivity index (χ3n) is 1.68. The van der Waals surface area contributed by atoms with E-state index in [1.807, 2.05) is 6.92 Å². The standard InChI is InChI=1S/C7H16ClNO2S/c1-3-7(5-6-8)9-12(10,11)4-2/h7,9H,3-6H2,1-2H3. The van der Waals surface area contributed by atoms with Crippen LogP contribution in [0.5, 0.6) is 0 Å². The third kappa shape index (κ3) is 4.95. The first kappa shape index (κ1) is 12.2. The van der Waals surface area contributed by atoms with E-state index in [1.54, 1.807) is 6.92 Å². The molecular weight excluding hydrogens is 198 g/mol. The Morgan fingerprint density at radius 1 is 1.42 bits per heavy atom. The van der Waals surface area contributed by atoms with Gasteiger partial charge in [0.15, 0.2) is 0 Å². The highest BCUT2D eigenvalue weighted by Gasteiger charge is 2.13. The second-order valence-electron chi connectivity index (χ2n) is 2.60. The van der Waals surface area contributed by atoms with Crippen LogP contribution >= 0.6 is 11.6 Å². The summed E-state index contributed by atoms with van der Waals surface area (Å²) in [6.45, 7) is 3.56. The number of nitrogens with one attached hydrogen (secondary N) is 1. The molecule has 0 aromatic rings. The Bertz CT molecular complexity index is 203. The molecule has 0 bridgehead atoms. The summed E-state index contributed by atoms with van der Waals surface area (Å²) < 4.78 is 24.8. The van der Waals surface area contributed by atoms with Crippen LogP contribution in [0, 0.1) is 0 Å². The fourth-order valence-corrected chi connectivity index (χ4v) is 2.04. The zero-order valence-electron chi connectivity index (χ0n) is 7.51. The van der Waals surface area contributed by atoms with E-state index < -0.39 is 10.0 Å². The van der Waals surface area contributed by atoms with Crippen LogP contribution in [0.15, 0.2) is 0 Å². The Labute approximate surface area is 79.5 Å². The van der Waals surface area contributed by atoms with E-state index in [1.165, 1.54) is 0 Å². The van der Waals surface area contributed by atoms with Gasteiger partial charge in [-0.15, -0.1) is 11.6 Å². The maximum Gasteiger partial charge on any atom is 0.211 e. The zero-order chi connectivity index (χ0) is 9.61. The van der Waals surface area contributed by atoms with Gasteiger partial charge in [0, 0.05) is 11.9 Å². The normalized spacial score (nSPS) is 14.6. The fourth-order valence-electron chi connectivity index (χ4n) is 0.815. The van der Waals surface area contributed by atoms with Gasteiger partial charge in [0.2, 0.25) is 10.0 Å². The number of halogens is 1. The van der Waals surface area contributed by atoms with Crippen LogP contribution in [-0.4, -0.2) is 26.1 Å². The van der Waals surface area contributed by atoms with Gasteiger partial charge in [-0.1, -0.05) is 6.92 Å². The summed E-state index contributed by atoms with van der Waals surface area (Å²) in [4.78, 5) is 0. The number of rotatable bonds is 6. The van der Waals surface area contributed by atoms with E-state index in [0.29, 0.717) is 12.3 Å². The van der Waals surface area contributed by atoms with E-state index >= 15 is 0 Å². The molecule has 12 heavy (non-hydrogen) atoms. The number of hydrogen-bond acceptors (Lipinski definition) is 2. The molecule has 0 aromatic carbocycles. The van der Waals surface area contributed by atoms with Gasteiger partial charge < -0.3 is 0 Å². The minimum absolute atomic E-state index is 0.00699. The minimum Gasteiger partial charge on any atom is -0.212 e. The number of alkyl halides is 1. The van der Waals surface area contributed by atoms with Crippen LogP contribution in [-0.2, 0) is 10.0 Å². The lowest BCUT2D eigenvalue weighted by atomic mass is 10.2. The second-order valence-corrected chi connectivity index (χ2v) is 5.02. The van der Waals surface area contributed by atoms with E-state index in [0.717, 1.165) is 6.42 Å². The molecule has 0 aliphatic carbocycles. The lowest BCUT2D eigenvalue weighted by Crippen LogP contribution is -2.35. The Morgan fingerprint density at radius 3 is 2.33 bits per heavy atom. The SMILES string of the molecule is CCC(CCCl)NS(=O)(=O)CC. The van der Waals surface area contributed by atoms with Crippen molar-refractivity contribution in [3.8, 4) is 0 Å². The smallest absolute Gasteiger partial charge is 0.211 e. The summed E-state index contributed by atoms with van der Waals surface area (Å²) in [5.74, 6) is 0.622.